The predicted octanol–water partition coefficient (Wildman–Crippen LogP) is 4.65. The van der Waals surface area contributed by atoms with Crippen molar-refractivity contribution in [2.75, 3.05) is 13.7 Å². The minimum absolute atomic E-state index is 0.343. The van der Waals surface area contributed by atoms with Crippen LogP contribution in [0, 0.1) is 28.6 Å². The van der Waals surface area contributed by atoms with Gasteiger partial charge in [-0.1, -0.05) is 20.8 Å². The summed E-state index contributed by atoms with van der Waals surface area (Å²) in [6, 6.07) is 0.480. The number of hydrogen-bond acceptors (Lipinski definition) is 2. The monoisotopic (exact) mass is 347 g/mol. The second-order valence-electron chi connectivity index (χ2n) is 10.1. The molecule has 0 radical (unpaired) electrons. The zero-order valence-corrected chi connectivity index (χ0v) is 16.7. The van der Waals surface area contributed by atoms with Gasteiger partial charge < -0.3 is 9.64 Å². The molecule has 3 aliphatic carbocycles. The van der Waals surface area contributed by atoms with Crippen LogP contribution in [-0.2, 0) is 9.53 Å². The molecular formula is C22H37NO2. The summed E-state index contributed by atoms with van der Waals surface area (Å²) >= 11 is 0. The molecule has 0 spiro atoms. The van der Waals surface area contributed by atoms with Crippen LogP contribution >= 0.6 is 0 Å². The lowest BCUT2D eigenvalue weighted by molar-refractivity contribution is -0.156. The van der Waals surface area contributed by atoms with Crippen molar-refractivity contribution in [1.29, 1.82) is 0 Å². The molecule has 4 aliphatic rings. The molecular weight excluding hydrogens is 310 g/mol. The number of piperidine rings is 1. The highest BCUT2D eigenvalue weighted by molar-refractivity contribution is 5.77. The van der Waals surface area contributed by atoms with Gasteiger partial charge in [-0.25, -0.2) is 0 Å². The summed E-state index contributed by atoms with van der Waals surface area (Å²) in [6.45, 7) is 8.20. The second kappa shape index (κ2) is 6.25. The van der Waals surface area contributed by atoms with E-state index in [-0.39, 0.29) is 0 Å². The van der Waals surface area contributed by atoms with Gasteiger partial charge in [-0.15, -0.1) is 0 Å². The van der Waals surface area contributed by atoms with Gasteiger partial charge >= 0.3 is 0 Å². The molecule has 4 fully saturated rings. The zero-order chi connectivity index (χ0) is 17.8. The van der Waals surface area contributed by atoms with Crippen molar-refractivity contribution >= 4 is 5.91 Å². The van der Waals surface area contributed by atoms with Gasteiger partial charge in [-0.05, 0) is 80.0 Å². The first-order chi connectivity index (χ1) is 11.9. The second-order valence-corrected chi connectivity index (χ2v) is 10.1. The van der Waals surface area contributed by atoms with E-state index in [9.17, 15) is 4.79 Å². The van der Waals surface area contributed by atoms with Crippen LogP contribution in [0.15, 0.2) is 0 Å². The zero-order valence-electron chi connectivity index (χ0n) is 16.7. The average Bonchev–Trinajstić information content (AvgIpc) is 2.93. The standard InChI is InChI=1S/C22H37NO2/c1-5-12-25-15-13-18-16-6-7-19-22(3,11-9-20(24)23(19)4)17(16)8-10-21(18,2)14-15/h15-19H,5-14H2,1-4H3/t15-,16+,17-,18-,19+,21+,22+/m0/s1. The van der Waals surface area contributed by atoms with Crippen LogP contribution in [0.3, 0.4) is 0 Å². The van der Waals surface area contributed by atoms with Crippen LogP contribution in [-0.4, -0.2) is 36.6 Å². The summed E-state index contributed by atoms with van der Waals surface area (Å²) in [5, 5.41) is 0. The molecule has 1 saturated heterocycles. The highest BCUT2D eigenvalue weighted by atomic mass is 16.5. The van der Waals surface area contributed by atoms with Crippen molar-refractivity contribution in [2.45, 2.75) is 90.7 Å². The Kier molecular flexibility index (Phi) is 4.46. The molecule has 0 aromatic rings. The van der Waals surface area contributed by atoms with E-state index in [2.05, 4.69) is 32.7 Å². The summed E-state index contributed by atoms with van der Waals surface area (Å²) in [5.74, 6) is 2.88. The molecule has 3 heteroatoms. The van der Waals surface area contributed by atoms with Gasteiger partial charge in [0.25, 0.3) is 0 Å². The summed E-state index contributed by atoms with van der Waals surface area (Å²) in [7, 11) is 2.06. The van der Waals surface area contributed by atoms with Crippen molar-refractivity contribution in [3.63, 3.8) is 0 Å². The molecule has 1 heterocycles. The number of fused-ring (bicyclic) bond motifs is 5. The van der Waals surface area contributed by atoms with Gasteiger partial charge in [-0.2, -0.15) is 0 Å². The molecule has 0 aromatic heterocycles. The van der Waals surface area contributed by atoms with Crippen molar-refractivity contribution in [2.24, 2.45) is 28.6 Å². The van der Waals surface area contributed by atoms with E-state index < -0.39 is 0 Å². The number of nitrogens with zero attached hydrogens (tertiary/aromatic N) is 1. The smallest absolute Gasteiger partial charge is 0.222 e. The molecule has 1 aliphatic heterocycles. The van der Waals surface area contributed by atoms with E-state index in [1.165, 1.54) is 38.5 Å². The minimum Gasteiger partial charge on any atom is -0.378 e. The number of hydrogen-bond donors (Lipinski definition) is 0. The van der Waals surface area contributed by atoms with Crippen LogP contribution in [0.4, 0.5) is 0 Å². The van der Waals surface area contributed by atoms with Crippen LogP contribution in [0.25, 0.3) is 0 Å². The largest absolute Gasteiger partial charge is 0.378 e. The highest BCUT2D eigenvalue weighted by Crippen LogP contribution is 2.64. The van der Waals surface area contributed by atoms with Crippen LogP contribution in [0.5, 0.6) is 0 Å². The fraction of sp³-hybridized carbons (Fsp3) is 0.955. The maximum atomic E-state index is 12.2. The first kappa shape index (κ1) is 17.8. The van der Waals surface area contributed by atoms with Crippen LogP contribution in [0.1, 0.15) is 78.6 Å². The van der Waals surface area contributed by atoms with E-state index in [1.807, 2.05) is 0 Å². The number of rotatable bonds is 3. The molecule has 142 valence electrons. The number of carbonyl (C=O) groups excluding carboxylic acids is 1. The molecule has 0 bridgehead atoms. The van der Waals surface area contributed by atoms with Gasteiger partial charge in [0.1, 0.15) is 0 Å². The maximum absolute atomic E-state index is 12.2. The molecule has 3 saturated carbocycles. The van der Waals surface area contributed by atoms with Crippen LogP contribution < -0.4 is 0 Å². The lowest BCUT2D eigenvalue weighted by Gasteiger charge is -2.61. The number of ether oxygens (including phenoxy) is 1. The summed E-state index contributed by atoms with van der Waals surface area (Å²) in [4.78, 5) is 14.3. The SMILES string of the molecule is CCCO[C@H]1C[C@H]2[C@@H]3CC[C@H]4N(C)C(=O)CC[C@]4(C)[C@H]3CC[C@]2(C)C1. The maximum Gasteiger partial charge on any atom is 0.222 e. The third-order valence-electron chi connectivity index (χ3n) is 8.84. The van der Waals surface area contributed by atoms with Crippen molar-refractivity contribution in [3.8, 4) is 0 Å². The quantitative estimate of drug-likeness (QED) is 0.744. The third kappa shape index (κ3) is 2.67. The summed E-state index contributed by atoms with van der Waals surface area (Å²) in [6.07, 6.45) is 11.3. The lowest BCUT2D eigenvalue weighted by atomic mass is 9.47. The average molecular weight is 348 g/mol. The first-order valence-electron chi connectivity index (χ1n) is 10.8. The molecule has 1 amide bonds. The van der Waals surface area contributed by atoms with Gasteiger partial charge in [0, 0.05) is 26.1 Å². The van der Waals surface area contributed by atoms with Crippen molar-refractivity contribution < 1.29 is 9.53 Å². The van der Waals surface area contributed by atoms with E-state index in [0.717, 1.165) is 43.6 Å². The van der Waals surface area contributed by atoms with Gasteiger partial charge in [0.15, 0.2) is 0 Å². The van der Waals surface area contributed by atoms with Crippen LogP contribution in [0.2, 0.25) is 0 Å². The van der Waals surface area contributed by atoms with E-state index in [0.29, 0.717) is 28.9 Å². The molecule has 0 aromatic carbocycles. The Morgan fingerprint density at radius 1 is 1.16 bits per heavy atom. The Morgan fingerprint density at radius 2 is 1.96 bits per heavy atom. The number of amides is 1. The molecule has 0 N–H and O–H groups in total. The van der Waals surface area contributed by atoms with Gasteiger partial charge in [0.05, 0.1) is 6.10 Å². The lowest BCUT2D eigenvalue weighted by Crippen LogP contribution is -2.61. The molecule has 25 heavy (non-hydrogen) atoms. The number of likely N-dealkylation sites (tertiary alicyclic amines) is 1. The highest BCUT2D eigenvalue weighted by Gasteiger charge is 2.60. The Balaban J connectivity index is 1.55. The Labute approximate surface area is 153 Å². The Hall–Kier alpha value is -0.570. The normalized spacial score (nSPS) is 49.5. The van der Waals surface area contributed by atoms with E-state index in [1.54, 1.807) is 0 Å². The van der Waals surface area contributed by atoms with E-state index in [4.69, 9.17) is 4.74 Å². The number of carbonyl (C=O) groups is 1. The molecule has 7 atom stereocenters. The van der Waals surface area contributed by atoms with Crippen molar-refractivity contribution in [1.82, 2.24) is 4.90 Å². The molecule has 4 rings (SSSR count). The fourth-order valence-corrected chi connectivity index (χ4v) is 7.56. The first-order valence-corrected chi connectivity index (χ1v) is 10.8. The van der Waals surface area contributed by atoms with Crippen molar-refractivity contribution in [3.05, 3.63) is 0 Å². The predicted molar refractivity (Wildman–Crippen MR) is 100 cm³/mol. The van der Waals surface area contributed by atoms with Gasteiger partial charge in [-0.3, -0.25) is 4.79 Å². The van der Waals surface area contributed by atoms with E-state index >= 15 is 0 Å². The topological polar surface area (TPSA) is 29.5 Å². The molecule has 3 nitrogen and oxygen atoms in total. The Morgan fingerprint density at radius 3 is 2.72 bits per heavy atom. The minimum atomic E-state index is 0.343. The summed E-state index contributed by atoms with van der Waals surface area (Å²) < 4.78 is 6.20. The van der Waals surface area contributed by atoms with Gasteiger partial charge in [0.2, 0.25) is 5.91 Å². The summed E-state index contributed by atoms with van der Waals surface area (Å²) in [5.41, 5.74) is 0.842. The Bertz CT molecular complexity index is 534. The fourth-order valence-electron chi connectivity index (χ4n) is 7.56. The third-order valence-corrected chi connectivity index (χ3v) is 8.84. The molecule has 0 unspecified atom stereocenters.